The van der Waals surface area contributed by atoms with Crippen molar-refractivity contribution in [1.29, 1.82) is 0 Å². The summed E-state index contributed by atoms with van der Waals surface area (Å²) in [6, 6.07) is 0. The van der Waals surface area contributed by atoms with Crippen LogP contribution in [-0.4, -0.2) is 38.7 Å². The summed E-state index contributed by atoms with van der Waals surface area (Å²) in [5.41, 5.74) is 0. The van der Waals surface area contributed by atoms with Crippen molar-refractivity contribution in [1.82, 2.24) is 0 Å². The van der Waals surface area contributed by atoms with Crippen LogP contribution in [0.15, 0.2) is 0 Å². The first-order valence-corrected chi connectivity index (χ1v) is 27.0. The van der Waals surface area contributed by atoms with Crippen molar-refractivity contribution in [3.63, 3.8) is 0 Å². The van der Waals surface area contributed by atoms with Gasteiger partial charge in [0, 0.05) is 0 Å². The summed E-state index contributed by atoms with van der Waals surface area (Å²) >= 11 is 0. The Kier molecular flexibility index (Phi) is 60.7. The average Bonchev–Trinajstić information content (AvgIpc) is 3.14. The van der Waals surface area contributed by atoms with Crippen LogP contribution in [0, 0.1) is 0 Å². The first kappa shape index (κ1) is 66.3. The maximum Gasteiger partial charge on any atom is 1.00 e. The summed E-state index contributed by atoms with van der Waals surface area (Å²) in [6.45, 7) is 6.78. The molecule has 1 unspecified atom stereocenters. The van der Waals surface area contributed by atoms with Crippen LogP contribution < -0.4 is 59.1 Å². The maximum absolute atomic E-state index is 11.2. The molecule has 0 heterocycles. The minimum Gasteiger partial charge on any atom is -0.726 e. The summed E-state index contributed by atoms with van der Waals surface area (Å²) < 4.78 is 72.9. The molecule has 0 aliphatic carbocycles. The van der Waals surface area contributed by atoms with Crippen molar-refractivity contribution in [3.05, 3.63) is 0 Å². The summed E-state index contributed by atoms with van der Waals surface area (Å²) in [7, 11) is -9.10. The van der Waals surface area contributed by atoms with Crippen LogP contribution in [0.2, 0.25) is 0 Å². The van der Waals surface area contributed by atoms with Gasteiger partial charge in [0.1, 0.15) is 0 Å². The van der Waals surface area contributed by atoms with Gasteiger partial charge in [-0.05, 0) is 19.3 Å². The second kappa shape index (κ2) is 53.1. The van der Waals surface area contributed by atoms with Crippen molar-refractivity contribution in [3.8, 4) is 0 Å². The standard InChI is InChI=1S/C34H70O4S.C12H26O4S.2Na/c1-3-5-7-9-11-13-15-17-19-21-23-25-27-29-31-33-34(38-39(35,36)37)32-30-28-26-24-22-20-18-16-14-12-10-8-6-4-2;1-2-3-4-5-6-7-8-9-10-11-12-16-17(13,14)15;;/h34H,3-33H2,1-2H3,(H,35,36,37);2-12H2,1H3,(H,13,14,15);;/q;;2*+1/p-2. The Morgan fingerprint density at radius 1 is 0.328 bits per heavy atom. The second-order valence-electron chi connectivity index (χ2n) is 16.7. The summed E-state index contributed by atoms with van der Waals surface area (Å²) in [4.78, 5) is 0. The number of rotatable bonds is 45. The summed E-state index contributed by atoms with van der Waals surface area (Å²) in [5, 5.41) is 0. The van der Waals surface area contributed by atoms with Crippen LogP contribution in [0.5, 0.6) is 0 Å². The number of hydrogen-bond acceptors (Lipinski definition) is 8. The molecule has 0 spiro atoms. The molecule has 340 valence electrons. The molecule has 1 atom stereocenters. The van der Waals surface area contributed by atoms with E-state index >= 15 is 0 Å². The van der Waals surface area contributed by atoms with E-state index in [1.807, 2.05) is 0 Å². The topological polar surface area (TPSA) is 133 Å². The molecule has 0 amide bonds. The Bertz CT molecular complexity index is 971. The van der Waals surface area contributed by atoms with Crippen molar-refractivity contribution >= 4 is 20.8 Å². The van der Waals surface area contributed by atoms with E-state index in [4.69, 9.17) is 4.18 Å². The summed E-state index contributed by atoms with van der Waals surface area (Å²) in [5.74, 6) is 0. The summed E-state index contributed by atoms with van der Waals surface area (Å²) in [6.07, 6.45) is 50.6. The maximum atomic E-state index is 11.2. The number of hydrogen-bond donors (Lipinski definition) is 0. The fourth-order valence-corrected chi connectivity index (χ4v) is 8.32. The Balaban J connectivity index is -0.000000645. The quantitative estimate of drug-likeness (QED) is 0.0256. The van der Waals surface area contributed by atoms with Crippen LogP contribution in [0.25, 0.3) is 0 Å². The zero-order valence-electron chi connectivity index (χ0n) is 39.4. The smallest absolute Gasteiger partial charge is 0.726 e. The minimum atomic E-state index is -4.61. The predicted molar refractivity (Wildman–Crippen MR) is 237 cm³/mol. The normalized spacial score (nSPS) is 12.1. The van der Waals surface area contributed by atoms with Gasteiger partial charge in [-0.1, -0.05) is 265 Å². The molecule has 0 bridgehead atoms. The molecule has 0 fully saturated rings. The van der Waals surface area contributed by atoms with E-state index in [0.29, 0.717) is 19.3 Å². The Morgan fingerprint density at radius 2 is 0.534 bits per heavy atom. The van der Waals surface area contributed by atoms with Crippen LogP contribution >= 0.6 is 0 Å². The van der Waals surface area contributed by atoms with E-state index in [1.54, 1.807) is 0 Å². The van der Waals surface area contributed by atoms with Gasteiger partial charge in [0.25, 0.3) is 0 Å². The fraction of sp³-hybridized carbons (Fsp3) is 1.00. The molecule has 0 aliphatic rings. The predicted octanol–water partition coefficient (Wildman–Crippen LogP) is 9.36. The molecule has 12 heteroatoms. The van der Waals surface area contributed by atoms with Gasteiger partial charge >= 0.3 is 59.1 Å². The third-order valence-corrected chi connectivity index (χ3v) is 12.0. The zero-order valence-corrected chi connectivity index (χ0v) is 45.0. The molecule has 0 saturated heterocycles. The van der Waals surface area contributed by atoms with Crippen LogP contribution in [0.3, 0.4) is 0 Å². The van der Waals surface area contributed by atoms with Crippen molar-refractivity contribution in [2.24, 2.45) is 0 Å². The van der Waals surface area contributed by atoms with E-state index in [9.17, 15) is 25.9 Å². The molecule has 0 N–H and O–H groups in total. The largest absolute Gasteiger partial charge is 1.00 e. The molecule has 0 aliphatic heterocycles. The van der Waals surface area contributed by atoms with Gasteiger partial charge in [-0.2, -0.15) is 0 Å². The monoisotopic (exact) mass is 885 g/mol. The van der Waals surface area contributed by atoms with E-state index < -0.39 is 26.9 Å². The Morgan fingerprint density at radius 3 is 0.741 bits per heavy atom. The van der Waals surface area contributed by atoms with Gasteiger partial charge in [-0.15, -0.1) is 0 Å². The average molecular weight is 885 g/mol. The van der Waals surface area contributed by atoms with E-state index in [1.165, 1.54) is 205 Å². The molecular formula is C46H94Na2O8S2. The van der Waals surface area contributed by atoms with Crippen LogP contribution in [0.1, 0.15) is 284 Å². The molecule has 58 heavy (non-hydrogen) atoms. The Hall–Kier alpha value is 1.74. The van der Waals surface area contributed by atoms with Crippen LogP contribution in [-0.2, 0) is 29.2 Å². The van der Waals surface area contributed by atoms with Gasteiger partial charge in [0.2, 0.25) is 20.8 Å². The molecule has 0 aromatic rings. The zero-order chi connectivity index (χ0) is 41.7. The van der Waals surface area contributed by atoms with Gasteiger partial charge in [0.15, 0.2) is 0 Å². The molecule has 0 saturated carbocycles. The van der Waals surface area contributed by atoms with E-state index in [-0.39, 0.29) is 65.7 Å². The van der Waals surface area contributed by atoms with E-state index in [2.05, 4.69) is 25.0 Å². The first-order valence-electron chi connectivity index (χ1n) is 24.3. The first-order chi connectivity index (χ1) is 27.1. The molecule has 0 aromatic carbocycles. The van der Waals surface area contributed by atoms with Gasteiger partial charge in [-0.3, -0.25) is 8.37 Å². The van der Waals surface area contributed by atoms with Crippen LogP contribution in [0.4, 0.5) is 0 Å². The third kappa shape index (κ3) is 64.4. The van der Waals surface area contributed by atoms with Crippen molar-refractivity contribution in [2.75, 3.05) is 6.61 Å². The minimum absolute atomic E-state index is 0. The third-order valence-electron chi connectivity index (χ3n) is 11.0. The van der Waals surface area contributed by atoms with Gasteiger partial charge < -0.3 is 9.11 Å². The fourth-order valence-electron chi connectivity index (χ4n) is 7.47. The SMILES string of the molecule is CCCCCCCCCCCCCCCCCC(CCCCCCCCCCCCCCCC)OS(=O)(=O)[O-].CCCCCCCCCCCCOS(=O)(=O)[O-].[Na+].[Na+]. The molecule has 0 radical (unpaired) electrons. The van der Waals surface area contributed by atoms with E-state index in [0.717, 1.165) is 38.5 Å². The van der Waals surface area contributed by atoms with Crippen molar-refractivity contribution < 1.29 is 93.4 Å². The van der Waals surface area contributed by atoms with Gasteiger partial charge in [0.05, 0.1) is 12.7 Å². The van der Waals surface area contributed by atoms with Crippen molar-refractivity contribution in [2.45, 2.75) is 290 Å². The molecule has 8 nitrogen and oxygen atoms in total. The van der Waals surface area contributed by atoms with Gasteiger partial charge in [-0.25, -0.2) is 16.8 Å². The molecule has 0 rings (SSSR count). The molecule has 0 aromatic heterocycles. The molecular weight excluding hydrogens is 791 g/mol. The second-order valence-corrected chi connectivity index (χ2v) is 18.7. The number of unbranched alkanes of at least 4 members (excludes halogenated alkanes) is 36. The Labute approximate surface area is 407 Å².